The monoisotopic (exact) mass is 406 g/mol. The summed E-state index contributed by atoms with van der Waals surface area (Å²) in [6.45, 7) is 6.76. The van der Waals surface area contributed by atoms with Crippen molar-refractivity contribution in [2.24, 2.45) is 0 Å². The van der Waals surface area contributed by atoms with Crippen LogP contribution in [0.2, 0.25) is 0 Å². The van der Waals surface area contributed by atoms with E-state index in [9.17, 15) is 0 Å². The molecule has 1 N–H and O–H groups in total. The molecule has 1 aliphatic rings. The van der Waals surface area contributed by atoms with E-state index in [0.29, 0.717) is 0 Å². The van der Waals surface area contributed by atoms with Gasteiger partial charge in [0, 0.05) is 31.9 Å². The Labute approximate surface area is 144 Å². The smallest absolute Gasteiger partial charge is 0.0367 e. The van der Waals surface area contributed by atoms with Gasteiger partial charge in [0.1, 0.15) is 0 Å². The normalized spacial score (nSPS) is 14.3. The van der Waals surface area contributed by atoms with Crippen molar-refractivity contribution in [2.45, 2.75) is 39.0 Å². The lowest BCUT2D eigenvalue weighted by Gasteiger charge is -2.29. The SMILES string of the molecule is Br.Br.CCCCCCc1ccc(N2CCNCC2)cc1. The molecule has 0 amide bonds. The van der Waals surface area contributed by atoms with Gasteiger partial charge in [-0.25, -0.2) is 0 Å². The molecule has 0 spiro atoms. The second-order valence-corrected chi connectivity index (χ2v) is 5.21. The lowest BCUT2D eigenvalue weighted by Crippen LogP contribution is -2.43. The number of benzene rings is 1. The summed E-state index contributed by atoms with van der Waals surface area (Å²) in [6.07, 6.45) is 6.64. The third-order valence-electron chi connectivity index (χ3n) is 3.74. The fraction of sp³-hybridized carbons (Fsp3) is 0.625. The van der Waals surface area contributed by atoms with Gasteiger partial charge in [0.25, 0.3) is 0 Å². The predicted octanol–water partition coefficient (Wildman–Crippen LogP) is 4.37. The van der Waals surface area contributed by atoms with Crippen molar-refractivity contribution in [3.63, 3.8) is 0 Å². The summed E-state index contributed by atoms with van der Waals surface area (Å²) >= 11 is 0. The van der Waals surface area contributed by atoms with E-state index >= 15 is 0 Å². The first-order chi connectivity index (χ1) is 8.90. The number of nitrogens with zero attached hydrogens (tertiary/aromatic N) is 1. The first-order valence-corrected chi connectivity index (χ1v) is 7.45. The van der Waals surface area contributed by atoms with Crippen LogP contribution in [-0.2, 0) is 6.42 Å². The molecule has 1 saturated heterocycles. The molecular weight excluding hydrogens is 380 g/mol. The minimum atomic E-state index is 0. The van der Waals surface area contributed by atoms with E-state index in [1.54, 1.807) is 0 Å². The number of rotatable bonds is 6. The van der Waals surface area contributed by atoms with Crippen molar-refractivity contribution >= 4 is 39.7 Å². The quantitative estimate of drug-likeness (QED) is 0.704. The summed E-state index contributed by atoms with van der Waals surface area (Å²) < 4.78 is 0. The van der Waals surface area contributed by atoms with Crippen molar-refractivity contribution in [1.29, 1.82) is 0 Å². The second-order valence-electron chi connectivity index (χ2n) is 5.21. The molecule has 1 fully saturated rings. The van der Waals surface area contributed by atoms with E-state index in [1.807, 2.05) is 0 Å². The van der Waals surface area contributed by atoms with E-state index in [-0.39, 0.29) is 34.0 Å². The molecule has 116 valence electrons. The summed E-state index contributed by atoms with van der Waals surface area (Å²) in [7, 11) is 0. The number of piperazine rings is 1. The molecule has 2 nitrogen and oxygen atoms in total. The van der Waals surface area contributed by atoms with E-state index in [1.165, 1.54) is 43.4 Å². The predicted molar refractivity (Wildman–Crippen MR) is 100 cm³/mol. The summed E-state index contributed by atoms with van der Waals surface area (Å²) in [4.78, 5) is 2.47. The van der Waals surface area contributed by atoms with Crippen LogP contribution < -0.4 is 10.2 Å². The molecule has 20 heavy (non-hydrogen) atoms. The Morgan fingerprint density at radius 1 is 0.950 bits per heavy atom. The van der Waals surface area contributed by atoms with Crippen molar-refractivity contribution in [3.05, 3.63) is 29.8 Å². The highest BCUT2D eigenvalue weighted by Gasteiger charge is 2.09. The van der Waals surface area contributed by atoms with Gasteiger partial charge in [0.15, 0.2) is 0 Å². The van der Waals surface area contributed by atoms with Crippen LogP contribution in [0.5, 0.6) is 0 Å². The molecular formula is C16H28Br2N2. The zero-order valence-electron chi connectivity index (χ0n) is 12.4. The maximum Gasteiger partial charge on any atom is 0.0367 e. The van der Waals surface area contributed by atoms with Crippen molar-refractivity contribution in [1.82, 2.24) is 5.32 Å². The van der Waals surface area contributed by atoms with Gasteiger partial charge < -0.3 is 10.2 Å². The summed E-state index contributed by atoms with van der Waals surface area (Å²) in [5, 5.41) is 3.39. The van der Waals surface area contributed by atoms with Gasteiger partial charge in [-0.15, -0.1) is 34.0 Å². The Bertz CT molecular complexity index is 335. The van der Waals surface area contributed by atoms with Crippen LogP contribution in [0.25, 0.3) is 0 Å². The van der Waals surface area contributed by atoms with Gasteiger partial charge in [-0.1, -0.05) is 38.3 Å². The first kappa shape index (κ1) is 19.9. The van der Waals surface area contributed by atoms with Crippen LogP contribution in [0.4, 0.5) is 5.69 Å². The van der Waals surface area contributed by atoms with Gasteiger partial charge in [-0.2, -0.15) is 0 Å². The van der Waals surface area contributed by atoms with Crippen molar-refractivity contribution in [3.8, 4) is 0 Å². The molecule has 0 aromatic heterocycles. The van der Waals surface area contributed by atoms with E-state index in [0.717, 1.165) is 26.2 Å². The van der Waals surface area contributed by atoms with E-state index in [2.05, 4.69) is 41.4 Å². The number of hydrogen-bond donors (Lipinski definition) is 1. The van der Waals surface area contributed by atoms with Crippen LogP contribution >= 0.6 is 34.0 Å². The van der Waals surface area contributed by atoms with E-state index < -0.39 is 0 Å². The fourth-order valence-electron chi connectivity index (χ4n) is 2.55. The van der Waals surface area contributed by atoms with Crippen LogP contribution in [0.3, 0.4) is 0 Å². The highest BCUT2D eigenvalue weighted by molar-refractivity contribution is 8.93. The van der Waals surface area contributed by atoms with Gasteiger partial charge in [0.2, 0.25) is 0 Å². The van der Waals surface area contributed by atoms with Crippen LogP contribution in [0, 0.1) is 0 Å². The van der Waals surface area contributed by atoms with Crippen LogP contribution in [0.15, 0.2) is 24.3 Å². The molecule has 0 atom stereocenters. The topological polar surface area (TPSA) is 15.3 Å². The minimum Gasteiger partial charge on any atom is -0.369 e. The average molecular weight is 408 g/mol. The lowest BCUT2D eigenvalue weighted by atomic mass is 10.1. The molecule has 1 heterocycles. The molecule has 1 aromatic rings. The third kappa shape index (κ3) is 6.59. The maximum atomic E-state index is 3.39. The number of hydrogen-bond acceptors (Lipinski definition) is 2. The molecule has 0 bridgehead atoms. The molecule has 1 aliphatic heterocycles. The number of aryl methyl sites for hydroxylation is 1. The molecule has 2 rings (SSSR count). The fourth-order valence-corrected chi connectivity index (χ4v) is 2.55. The molecule has 4 heteroatoms. The minimum absolute atomic E-state index is 0. The van der Waals surface area contributed by atoms with Gasteiger partial charge >= 0.3 is 0 Å². The third-order valence-corrected chi connectivity index (χ3v) is 3.74. The summed E-state index contributed by atoms with van der Waals surface area (Å²) in [5.74, 6) is 0. The molecule has 0 aliphatic carbocycles. The zero-order valence-corrected chi connectivity index (χ0v) is 15.9. The number of unbranched alkanes of at least 4 members (excludes halogenated alkanes) is 3. The average Bonchev–Trinajstić information content (AvgIpc) is 2.45. The van der Waals surface area contributed by atoms with Crippen molar-refractivity contribution in [2.75, 3.05) is 31.1 Å². The van der Waals surface area contributed by atoms with Crippen LogP contribution in [0.1, 0.15) is 38.2 Å². The standard InChI is InChI=1S/C16H26N2.2BrH/c1-2-3-4-5-6-15-7-9-16(10-8-15)18-13-11-17-12-14-18;;/h7-10,17H,2-6,11-14H2,1H3;2*1H. The molecule has 0 saturated carbocycles. The highest BCUT2D eigenvalue weighted by atomic mass is 79.9. The molecule has 0 radical (unpaired) electrons. The van der Waals surface area contributed by atoms with Crippen molar-refractivity contribution < 1.29 is 0 Å². The molecule has 0 unspecified atom stereocenters. The Morgan fingerprint density at radius 2 is 1.60 bits per heavy atom. The Balaban J connectivity index is 0.00000180. The second kappa shape index (κ2) is 11.6. The zero-order chi connectivity index (χ0) is 12.6. The number of anilines is 1. The van der Waals surface area contributed by atoms with Gasteiger partial charge in [-0.05, 0) is 30.5 Å². The first-order valence-electron chi connectivity index (χ1n) is 7.45. The van der Waals surface area contributed by atoms with E-state index in [4.69, 9.17) is 0 Å². The van der Waals surface area contributed by atoms with Gasteiger partial charge in [-0.3, -0.25) is 0 Å². The highest BCUT2D eigenvalue weighted by Crippen LogP contribution is 2.17. The van der Waals surface area contributed by atoms with Crippen LogP contribution in [-0.4, -0.2) is 26.2 Å². The lowest BCUT2D eigenvalue weighted by molar-refractivity contribution is 0.589. The Morgan fingerprint density at radius 3 is 2.20 bits per heavy atom. The number of halogens is 2. The summed E-state index contributed by atoms with van der Waals surface area (Å²) in [6, 6.07) is 9.20. The number of nitrogens with one attached hydrogen (secondary N) is 1. The largest absolute Gasteiger partial charge is 0.369 e. The Hall–Kier alpha value is -0.0600. The Kier molecular flexibility index (Phi) is 11.5. The maximum absolute atomic E-state index is 3.39. The molecule has 1 aromatic carbocycles. The summed E-state index contributed by atoms with van der Waals surface area (Å²) in [5.41, 5.74) is 2.87. The van der Waals surface area contributed by atoms with Gasteiger partial charge in [0.05, 0.1) is 0 Å².